The molecule has 2 rings (SSSR count). The Morgan fingerprint density at radius 2 is 1.95 bits per heavy atom. The Labute approximate surface area is 133 Å². The Kier molecular flexibility index (Phi) is 6.21. The summed E-state index contributed by atoms with van der Waals surface area (Å²) < 4.78 is 20.1. The number of benzene rings is 2. The summed E-state index contributed by atoms with van der Waals surface area (Å²) >= 11 is 3.47. The van der Waals surface area contributed by atoms with Gasteiger partial charge in [0.2, 0.25) is 0 Å². The van der Waals surface area contributed by atoms with Gasteiger partial charge >= 0.3 is 0 Å². The fourth-order valence-corrected chi connectivity index (χ4v) is 2.54. The summed E-state index contributed by atoms with van der Waals surface area (Å²) in [4.78, 5) is 0. The molecule has 0 aliphatic heterocycles. The molecule has 0 radical (unpaired) electrons. The second-order valence-electron chi connectivity index (χ2n) is 4.70. The van der Waals surface area contributed by atoms with Crippen LogP contribution in [-0.2, 0) is 13.0 Å². The molecule has 4 heteroatoms. The minimum atomic E-state index is -0.142. The van der Waals surface area contributed by atoms with E-state index in [9.17, 15) is 4.39 Å². The summed E-state index contributed by atoms with van der Waals surface area (Å²) in [6, 6.07) is 12.9. The van der Waals surface area contributed by atoms with E-state index in [0.717, 1.165) is 27.9 Å². The van der Waals surface area contributed by atoms with Crippen molar-refractivity contribution in [2.45, 2.75) is 19.9 Å². The number of hydrogen-bond donors (Lipinski definition) is 1. The van der Waals surface area contributed by atoms with E-state index in [1.165, 1.54) is 6.07 Å². The molecule has 0 amide bonds. The van der Waals surface area contributed by atoms with Crippen LogP contribution in [0, 0.1) is 5.82 Å². The lowest BCUT2D eigenvalue weighted by Gasteiger charge is -2.12. The van der Waals surface area contributed by atoms with Crippen LogP contribution in [0.15, 0.2) is 46.9 Å². The zero-order valence-corrected chi connectivity index (χ0v) is 13.6. The minimum absolute atomic E-state index is 0.142. The molecule has 0 aliphatic carbocycles. The molecule has 0 bridgehead atoms. The highest BCUT2D eigenvalue weighted by atomic mass is 79.9. The smallest absolute Gasteiger partial charge is 0.126 e. The van der Waals surface area contributed by atoms with E-state index in [1.807, 2.05) is 37.3 Å². The predicted molar refractivity (Wildman–Crippen MR) is 87.1 cm³/mol. The first-order valence-electron chi connectivity index (χ1n) is 7.06. The third-order valence-electron chi connectivity index (χ3n) is 3.17. The molecule has 112 valence electrons. The van der Waals surface area contributed by atoms with Gasteiger partial charge in [0.15, 0.2) is 0 Å². The summed E-state index contributed by atoms with van der Waals surface area (Å²) in [5, 5.41) is 3.34. The lowest BCUT2D eigenvalue weighted by molar-refractivity contribution is 0.335. The van der Waals surface area contributed by atoms with Crippen molar-refractivity contribution in [1.29, 1.82) is 0 Å². The van der Waals surface area contributed by atoms with E-state index >= 15 is 0 Å². The quantitative estimate of drug-likeness (QED) is 0.750. The molecule has 0 unspecified atom stereocenters. The number of rotatable bonds is 7. The van der Waals surface area contributed by atoms with Crippen LogP contribution >= 0.6 is 15.9 Å². The van der Waals surface area contributed by atoms with Crippen molar-refractivity contribution in [3.63, 3.8) is 0 Å². The molecule has 0 saturated heterocycles. The Hall–Kier alpha value is -1.39. The van der Waals surface area contributed by atoms with Crippen molar-refractivity contribution in [3.05, 3.63) is 63.9 Å². The van der Waals surface area contributed by atoms with Crippen LogP contribution in [0.4, 0.5) is 4.39 Å². The normalized spacial score (nSPS) is 10.6. The van der Waals surface area contributed by atoms with Gasteiger partial charge in [0, 0.05) is 16.6 Å². The van der Waals surface area contributed by atoms with Crippen LogP contribution in [0.3, 0.4) is 0 Å². The molecule has 1 N–H and O–H groups in total. The standard InChI is InChI=1S/C17H19BrFNO/c1-2-21-17-8-7-15(18)11-14(17)12-20-10-9-13-5-3-4-6-16(13)19/h3-8,11,20H,2,9-10,12H2,1H3. The molecule has 21 heavy (non-hydrogen) atoms. The fraction of sp³-hybridized carbons (Fsp3) is 0.294. The van der Waals surface area contributed by atoms with Crippen LogP contribution in [-0.4, -0.2) is 13.2 Å². The van der Waals surface area contributed by atoms with Gasteiger partial charge in [-0.15, -0.1) is 0 Å². The topological polar surface area (TPSA) is 21.3 Å². The minimum Gasteiger partial charge on any atom is -0.494 e. The molecule has 0 aromatic heterocycles. The number of halogens is 2. The summed E-state index contributed by atoms with van der Waals surface area (Å²) in [7, 11) is 0. The first-order chi connectivity index (χ1) is 10.2. The first kappa shape index (κ1) is 16.0. The molecular formula is C17H19BrFNO. The maximum atomic E-state index is 13.5. The molecule has 2 aromatic rings. The van der Waals surface area contributed by atoms with Gasteiger partial charge < -0.3 is 10.1 Å². The van der Waals surface area contributed by atoms with Gasteiger partial charge in [0.25, 0.3) is 0 Å². The number of ether oxygens (including phenoxy) is 1. The second-order valence-corrected chi connectivity index (χ2v) is 5.62. The van der Waals surface area contributed by atoms with Crippen LogP contribution in [0.25, 0.3) is 0 Å². The van der Waals surface area contributed by atoms with Gasteiger partial charge in [-0.1, -0.05) is 34.1 Å². The highest BCUT2D eigenvalue weighted by Crippen LogP contribution is 2.23. The van der Waals surface area contributed by atoms with Gasteiger partial charge in [-0.2, -0.15) is 0 Å². The molecule has 0 heterocycles. The Balaban J connectivity index is 1.88. The van der Waals surface area contributed by atoms with E-state index in [4.69, 9.17) is 4.74 Å². The average Bonchev–Trinajstić information content (AvgIpc) is 2.48. The van der Waals surface area contributed by atoms with Crippen molar-refractivity contribution >= 4 is 15.9 Å². The molecule has 2 aromatic carbocycles. The number of hydrogen-bond acceptors (Lipinski definition) is 2. The molecule has 0 aliphatic rings. The maximum absolute atomic E-state index is 13.5. The monoisotopic (exact) mass is 351 g/mol. The molecular weight excluding hydrogens is 333 g/mol. The Morgan fingerprint density at radius 3 is 2.71 bits per heavy atom. The molecule has 0 saturated carbocycles. The number of nitrogens with one attached hydrogen (secondary N) is 1. The SMILES string of the molecule is CCOc1ccc(Br)cc1CNCCc1ccccc1F. The van der Waals surface area contributed by atoms with Gasteiger partial charge in [-0.05, 0) is 49.7 Å². The third kappa shape index (κ3) is 4.83. The van der Waals surface area contributed by atoms with Crippen LogP contribution in [0.5, 0.6) is 5.75 Å². The summed E-state index contributed by atoms with van der Waals surface area (Å²) in [6.07, 6.45) is 0.671. The van der Waals surface area contributed by atoms with Gasteiger partial charge in [0.05, 0.1) is 6.61 Å². The highest BCUT2D eigenvalue weighted by molar-refractivity contribution is 9.10. The van der Waals surface area contributed by atoms with E-state index in [1.54, 1.807) is 6.07 Å². The zero-order valence-electron chi connectivity index (χ0n) is 12.0. The van der Waals surface area contributed by atoms with E-state index in [0.29, 0.717) is 19.6 Å². The van der Waals surface area contributed by atoms with E-state index in [-0.39, 0.29) is 5.82 Å². The van der Waals surface area contributed by atoms with Crippen molar-refractivity contribution in [2.75, 3.05) is 13.2 Å². The molecule has 0 spiro atoms. The molecule has 0 fully saturated rings. The van der Waals surface area contributed by atoms with E-state index < -0.39 is 0 Å². The summed E-state index contributed by atoms with van der Waals surface area (Å²) in [5.74, 6) is 0.746. The Bertz CT molecular complexity index is 589. The van der Waals surface area contributed by atoms with Gasteiger partial charge in [-0.3, -0.25) is 0 Å². The maximum Gasteiger partial charge on any atom is 0.126 e. The lowest BCUT2D eigenvalue weighted by Crippen LogP contribution is -2.17. The van der Waals surface area contributed by atoms with Gasteiger partial charge in [-0.25, -0.2) is 4.39 Å². The Morgan fingerprint density at radius 1 is 1.14 bits per heavy atom. The molecule has 2 nitrogen and oxygen atoms in total. The lowest BCUT2D eigenvalue weighted by atomic mass is 10.1. The summed E-state index contributed by atoms with van der Waals surface area (Å²) in [5.41, 5.74) is 1.84. The van der Waals surface area contributed by atoms with Crippen LogP contribution < -0.4 is 10.1 Å². The highest BCUT2D eigenvalue weighted by Gasteiger charge is 2.05. The average molecular weight is 352 g/mol. The predicted octanol–water partition coefficient (Wildman–Crippen LogP) is 4.32. The van der Waals surface area contributed by atoms with E-state index in [2.05, 4.69) is 21.2 Å². The fourth-order valence-electron chi connectivity index (χ4n) is 2.13. The third-order valence-corrected chi connectivity index (χ3v) is 3.66. The van der Waals surface area contributed by atoms with Crippen LogP contribution in [0.1, 0.15) is 18.1 Å². The van der Waals surface area contributed by atoms with Gasteiger partial charge in [0.1, 0.15) is 11.6 Å². The van der Waals surface area contributed by atoms with Crippen LogP contribution in [0.2, 0.25) is 0 Å². The second kappa shape index (κ2) is 8.15. The zero-order chi connectivity index (χ0) is 15.1. The van der Waals surface area contributed by atoms with Crippen molar-refractivity contribution in [1.82, 2.24) is 5.32 Å². The van der Waals surface area contributed by atoms with Crippen molar-refractivity contribution in [2.24, 2.45) is 0 Å². The summed E-state index contributed by atoms with van der Waals surface area (Å²) in [6.45, 7) is 4.03. The van der Waals surface area contributed by atoms with Crippen molar-refractivity contribution in [3.8, 4) is 5.75 Å². The first-order valence-corrected chi connectivity index (χ1v) is 7.85. The molecule has 0 atom stereocenters. The van der Waals surface area contributed by atoms with Crippen molar-refractivity contribution < 1.29 is 9.13 Å². The largest absolute Gasteiger partial charge is 0.494 e.